The topological polar surface area (TPSA) is 73.9 Å². The van der Waals surface area contributed by atoms with Crippen molar-refractivity contribution < 1.29 is 32.6 Å². The number of hydrogen-bond donors (Lipinski definition) is 1. The van der Waals surface area contributed by atoms with Crippen molar-refractivity contribution in [3.8, 4) is 5.75 Å². The molecule has 0 amide bonds. The Kier molecular flexibility index (Phi) is 4.30. The summed E-state index contributed by atoms with van der Waals surface area (Å²) in [5.41, 5.74) is 0.00981. The van der Waals surface area contributed by atoms with Crippen LogP contribution in [0.5, 0.6) is 5.75 Å². The van der Waals surface area contributed by atoms with Crippen LogP contribution in [0.2, 0.25) is 0 Å². The molecule has 0 aliphatic carbocycles. The van der Waals surface area contributed by atoms with E-state index < -0.39 is 24.3 Å². The molecule has 1 heterocycles. The summed E-state index contributed by atoms with van der Waals surface area (Å²) in [7, 11) is 0. The molecule has 6 nitrogen and oxygen atoms in total. The number of rotatable bonds is 4. The van der Waals surface area contributed by atoms with Crippen molar-refractivity contribution in [1.29, 1.82) is 0 Å². The molecule has 1 aromatic carbocycles. The molecule has 1 aromatic rings. The van der Waals surface area contributed by atoms with Gasteiger partial charge in [0.25, 0.3) is 5.79 Å². The SMILES string of the molecule is CC1(C)OC(=O)C(=CNc2cccc(OC(F)F)c2)C(=O)O1. The molecule has 22 heavy (non-hydrogen) atoms. The third-order valence-electron chi connectivity index (χ3n) is 2.56. The highest BCUT2D eigenvalue weighted by Crippen LogP contribution is 2.23. The van der Waals surface area contributed by atoms with Crippen molar-refractivity contribution in [3.63, 3.8) is 0 Å². The van der Waals surface area contributed by atoms with E-state index >= 15 is 0 Å². The van der Waals surface area contributed by atoms with Gasteiger partial charge in [-0.05, 0) is 12.1 Å². The average Bonchev–Trinajstić information content (AvgIpc) is 2.35. The fourth-order valence-electron chi connectivity index (χ4n) is 1.70. The molecule has 0 unspecified atom stereocenters. The molecule has 1 N–H and O–H groups in total. The van der Waals surface area contributed by atoms with Crippen molar-refractivity contribution in [3.05, 3.63) is 36.0 Å². The molecule has 0 aromatic heterocycles. The van der Waals surface area contributed by atoms with Crippen LogP contribution >= 0.6 is 0 Å². The Balaban J connectivity index is 2.11. The molecule has 1 saturated heterocycles. The van der Waals surface area contributed by atoms with Crippen LogP contribution in [-0.2, 0) is 19.1 Å². The number of carbonyl (C=O) groups excluding carboxylic acids is 2. The van der Waals surface area contributed by atoms with Gasteiger partial charge in [0.2, 0.25) is 0 Å². The van der Waals surface area contributed by atoms with Crippen LogP contribution in [0, 0.1) is 0 Å². The molecular weight excluding hydrogens is 300 g/mol. The third-order valence-corrected chi connectivity index (χ3v) is 2.56. The molecular formula is C14H13F2NO5. The largest absolute Gasteiger partial charge is 0.435 e. The minimum Gasteiger partial charge on any atom is -0.435 e. The van der Waals surface area contributed by atoms with Crippen LogP contribution in [-0.4, -0.2) is 24.3 Å². The molecule has 118 valence electrons. The van der Waals surface area contributed by atoms with E-state index in [9.17, 15) is 18.4 Å². The van der Waals surface area contributed by atoms with Crippen LogP contribution in [0.25, 0.3) is 0 Å². The van der Waals surface area contributed by atoms with Gasteiger partial charge in [0.05, 0.1) is 0 Å². The van der Waals surface area contributed by atoms with E-state index in [2.05, 4.69) is 10.1 Å². The highest BCUT2D eigenvalue weighted by Gasteiger charge is 2.38. The lowest BCUT2D eigenvalue weighted by Crippen LogP contribution is -2.42. The minimum atomic E-state index is -2.95. The van der Waals surface area contributed by atoms with Crippen LogP contribution in [0.15, 0.2) is 36.0 Å². The first-order valence-corrected chi connectivity index (χ1v) is 6.25. The maximum Gasteiger partial charge on any atom is 0.387 e. The Morgan fingerprint density at radius 1 is 1.23 bits per heavy atom. The van der Waals surface area contributed by atoms with Crippen molar-refractivity contribution in [1.82, 2.24) is 0 Å². The zero-order valence-electron chi connectivity index (χ0n) is 11.8. The molecule has 0 atom stereocenters. The number of alkyl halides is 2. The number of ether oxygens (including phenoxy) is 3. The Hall–Kier alpha value is -2.64. The van der Waals surface area contributed by atoms with Crippen LogP contribution in [0.4, 0.5) is 14.5 Å². The van der Waals surface area contributed by atoms with Gasteiger partial charge in [-0.3, -0.25) is 0 Å². The smallest absolute Gasteiger partial charge is 0.387 e. The molecule has 0 saturated carbocycles. The Morgan fingerprint density at radius 2 is 1.86 bits per heavy atom. The predicted molar refractivity (Wildman–Crippen MR) is 71.0 cm³/mol. The zero-order valence-corrected chi connectivity index (χ0v) is 11.8. The van der Waals surface area contributed by atoms with Gasteiger partial charge < -0.3 is 19.5 Å². The van der Waals surface area contributed by atoms with Crippen LogP contribution < -0.4 is 10.1 Å². The number of benzene rings is 1. The van der Waals surface area contributed by atoms with E-state index in [1.807, 2.05) is 0 Å². The quantitative estimate of drug-likeness (QED) is 0.523. The molecule has 1 fully saturated rings. The van der Waals surface area contributed by atoms with Crippen LogP contribution in [0.1, 0.15) is 13.8 Å². The summed E-state index contributed by atoms with van der Waals surface area (Å²) in [6.45, 7) is -0.0878. The second-order valence-electron chi connectivity index (χ2n) is 4.79. The van der Waals surface area contributed by atoms with Gasteiger partial charge in [-0.1, -0.05) is 6.07 Å². The maximum atomic E-state index is 12.1. The maximum absolute atomic E-state index is 12.1. The fourth-order valence-corrected chi connectivity index (χ4v) is 1.70. The lowest BCUT2D eigenvalue weighted by Gasteiger charge is -2.29. The first kappa shape index (κ1) is 15.7. The van der Waals surface area contributed by atoms with Crippen molar-refractivity contribution in [2.75, 3.05) is 5.32 Å². The second-order valence-corrected chi connectivity index (χ2v) is 4.79. The number of nitrogens with one attached hydrogen (secondary N) is 1. The number of esters is 2. The minimum absolute atomic E-state index is 0.0617. The first-order chi connectivity index (χ1) is 10.3. The number of halogens is 2. The van der Waals surface area contributed by atoms with E-state index in [0.29, 0.717) is 5.69 Å². The molecule has 2 rings (SSSR count). The summed E-state index contributed by atoms with van der Waals surface area (Å²) < 4.78 is 38.3. The molecule has 0 bridgehead atoms. The molecule has 1 aliphatic rings. The molecule has 1 aliphatic heterocycles. The normalized spacial score (nSPS) is 16.9. The Morgan fingerprint density at radius 3 is 2.45 bits per heavy atom. The number of hydrogen-bond acceptors (Lipinski definition) is 6. The van der Waals surface area contributed by atoms with E-state index in [1.165, 1.54) is 32.0 Å². The standard InChI is InChI=1S/C14H13F2NO5/c1-14(2)21-11(18)10(12(19)22-14)7-17-8-4-3-5-9(6-8)20-13(15)16/h3-7,13,17H,1-2H3. The summed E-state index contributed by atoms with van der Waals surface area (Å²) in [4.78, 5) is 23.4. The number of cyclic esters (lactones) is 2. The Labute approximate surface area is 124 Å². The highest BCUT2D eigenvalue weighted by atomic mass is 19.3. The van der Waals surface area contributed by atoms with Gasteiger partial charge in [0.15, 0.2) is 5.57 Å². The van der Waals surface area contributed by atoms with Gasteiger partial charge in [-0.15, -0.1) is 0 Å². The van der Waals surface area contributed by atoms with Crippen molar-refractivity contribution in [2.45, 2.75) is 26.2 Å². The van der Waals surface area contributed by atoms with Gasteiger partial charge >= 0.3 is 18.6 Å². The Bertz CT molecular complexity index is 605. The number of carbonyl (C=O) groups is 2. The monoisotopic (exact) mass is 313 g/mol. The fraction of sp³-hybridized carbons (Fsp3) is 0.286. The summed E-state index contributed by atoms with van der Waals surface area (Å²) in [5.74, 6) is -3.06. The molecule has 0 radical (unpaired) electrons. The summed E-state index contributed by atoms with van der Waals surface area (Å²) in [6.07, 6.45) is 1.08. The van der Waals surface area contributed by atoms with E-state index in [4.69, 9.17) is 9.47 Å². The van der Waals surface area contributed by atoms with E-state index in [1.54, 1.807) is 6.07 Å². The van der Waals surface area contributed by atoms with E-state index in [0.717, 1.165) is 6.20 Å². The lowest BCUT2D eigenvalue weighted by molar-refractivity contribution is -0.222. The number of anilines is 1. The summed E-state index contributed by atoms with van der Waals surface area (Å²) >= 11 is 0. The second kappa shape index (κ2) is 6.00. The average molecular weight is 313 g/mol. The molecule has 0 spiro atoms. The lowest BCUT2D eigenvalue weighted by atomic mass is 10.2. The van der Waals surface area contributed by atoms with Gasteiger partial charge in [-0.2, -0.15) is 8.78 Å². The van der Waals surface area contributed by atoms with Crippen molar-refractivity contribution in [2.24, 2.45) is 0 Å². The van der Waals surface area contributed by atoms with Crippen LogP contribution in [0.3, 0.4) is 0 Å². The zero-order chi connectivity index (χ0) is 16.3. The first-order valence-electron chi connectivity index (χ1n) is 6.25. The molecule has 8 heteroatoms. The highest BCUT2D eigenvalue weighted by molar-refractivity contribution is 6.15. The van der Waals surface area contributed by atoms with Gasteiger partial charge in [0, 0.05) is 31.8 Å². The van der Waals surface area contributed by atoms with Gasteiger partial charge in [-0.25, -0.2) is 9.59 Å². The predicted octanol–water partition coefficient (Wildman–Crippen LogP) is 2.42. The van der Waals surface area contributed by atoms with Crippen molar-refractivity contribution >= 4 is 17.6 Å². The third kappa shape index (κ3) is 3.94. The van der Waals surface area contributed by atoms with Gasteiger partial charge in [0.1, 0.15) is 5.75 Å². The van der Waals surface area contributed by atoms with E-state index in [-0.39, 0.29) is 11.3 Å². The summed E-state index contributed by atoms with van der Waals surface area (Å²) in [6, 6.07) is 5.64. The summed E-state index contributed by atoms with van der Waals surface area (Å²) in [5, 5.41) is 2.63.